The van der Waals surface area contributed by atoms with E-state index in [2.05, 4.69) is 10.6 Å². The van der Waals surface area contributed by atoms with Crippen molar-refractivity contribution in [3.63, 3.8) is 0 Å². The van der Waals surface area contributed by atoms with Gasteiger partial charge in [0.05, 0.1) is 11.1 Å². The Morgan fingerprint density at radius 3 is 2.45 bits per heavy atom. The summed E-state index contributed by atoms with van der Waals surface area (Å²) in [6, 6.07) is 23.1. The molecule has 6 nitrogen and oxygen atoms in total. The SMILES string of the molecule is Cc1ccc(Cl)cc1NC(=O)Cn1c(=O)cc(C(=O)NCc2ccccc2)c2ccccc21. The van der Waals surface area contributed by atoms with Crippen LogP contribution in [0.5, 0.6) is 0 Å². The van der Waals surface area contributed by atoms with Gasteiger partial charge in [-0.15, -0.1) is 0 Å². The third kappa shape index (κ3) is 5.13. The van der Waals surface area contributed by atoms with E-state index in [0.29, 0.717) is 28.2 Å². The lowest BCUT2D eigenvalue weighted by Crippen LogP contribution is -2.30. The first-order chi connectivity index (χ1) is 15.9. The number of para-hydroxylation sites is 1. The fourth-order valence-electron chi connectivity index (χ4n) is 3.62. The molecule has 0 saturated carbocycles. The predicted octanol–water partition coefficient (Wildman–Crippen LogP) is 4.53. The van der Waals surface area contributed by atoms with Gasteiger partial charge in [0.2, 0.25) is 5.91 Å². The molecule has 33 heavy (non-hydrogen) atoms. The number of amides is 2. The summed E-state index contributed by atoms with van der Waals surface area (Å²) >= 11 is 6.03. The number of halogens is 1. The summed E-state index contributed by atoms with van der Waals surface area (Å²) in [5.41, 5.74) is 2.74. The highest BCUT2D eigenvalue weighted by atomic mass is 35.5. The first kappa shape index (κ1) is 22.3. The number of carbonyl (C=O) groups is 2. The molecule has 0 atom stereocenters. The number of benzene rings is 3. The molecule has 4 aromatic rings. The van der Waals surface area contributed by atoms with Crippen LogP contribution in [0, 0.1) is 6.92 Å². The van der Waals surface area contributed by atoms with Gasteiger partial charge in [0, 0.05) is 28.7 Å². The van der Waals surface area contributed by atoms with E-state index in [1.807, 2.05) is 43.3 Å². The van der Waals surface area contributed by atoms with Gasteiger partial charge in [0.1, 0.15) is 6.54 Å². The Labute approximate surface area is 195 Å². The maximum absolute atomic E-state index is 12.9. The molecule has 7 heteroatoms. The average Bonchev–Trinajstić information content (AvgIpc) is 2.82. The van der Waals surface area contributed by atoms with Gasteiger partial charge in [-0.05, 0) is 36.2 Å². The number of rotatable bonds is 6. The van der Waals surface area contributed by atoms with Crippen molar-refractivity contribution in [2.75, 3.05) is 5.32 Å². The van der Waals surface area contributed by atoms with Crippen LogP contribution >= 0.6 is 11.6 Å². The van der Waals surface area contributed by atoms with Crippen molar-refractivity contribution in [2.45, 2.75) is 20.0 Å². The van der Waals surface area contributed by atoms with Crippen LogP contribution in [0.2, 0.25) is 5.02 Å². The summed E-state index contributed by atoms with van der Waals surface area (Å²) in [6.45, 7) is 2.01. The largest absolute Gasteiger partial charge is 0.348 e. The molecule has 1 heterocycles. The Kier molecular flexibility index (Phi) is 6.56. The summed E-state index contributed by atoms with van der Waals surface area (Å²) < 4.78 is 1.36. The maximum Gasteiger partial charge on any atom is 0.252 e. The Morgan fingerprint density at radius 1 is 0.939 bits per heavy atom. The van der Waals surface area contributed by atoms with Crippen molar-refractivity contribution in [3.05, 3.63) is 111 Å². The molecule has 2 N–H and O–H groups in total. The molecule has 0 aliphatic carbocycles. The standard InChI is InChI=1S/C26H22ClN3O3/c1-17-11-12-19(27)13-22(17)29-24(31)16-30-23-10-6-5-9-20(23)21(14-25(30)32)26(33)28-15-18-7-3-2-4-8-18/h2-14H,15-16H2,1H3,(H,28,33)(H,29,31). The predicted molar refractivity (Wildman–Crippen MR) is 131 cm³/mol. The fraction of sp³-hybridized carbons (Fsp3) is 0.115. The number of pyridine rings is 1. The van der Waals surface area contributed by atoms with Crippen molar-refractivity contribution in [1.82, 2.24) is 9.88 Å². The topological polar surface area (TPSA) is 80.2 Å². The highest BCUT2D eigenvalue weighted by Crippen LogP contribution is 2.21. The van der Waals surface area contributed by atoms with E-state index in [1.165, 1.54) is 10.6 Å². The van der Waals surface area contributed by atoms with Gasteiger partial charge in [-0.2, -0.15) is 0 Å². The minimum atomic E-state index is -0.434. The van der Waals surface area contributed by atoms with Crippen LogP contribution in [0.15, 0.2) is 83.7 Å². The zero-order valence-corrected chi connectivity index (χ0v) is 18.7. The van der Waals surface area contributed by atoms with Crippen molar-refractivity contribution in [2.24, 2.45) is 0 Å². The fourth-order valence-corrected chi connectivity index (χ4v) is 3.79. The normalized spacial score (nSPS) is 10.7. The minimum absolute atomic E-state index is 0.197. The monoisotopic (exact) mass is 459 g/mol. The number of nitrogens with one attached hydrogen (secondary N) is 2. The second-order valence-corrected chi connectivity index (χ2v) is 8.11. The second kappa shape index (κ2) is 9.71. The molecule has 2 amide bonds. The first-order valence-electron chi connectivity index (χ1n) is 10.4. The van der Waals surface area contributed by atoms with Crippen LogP contribution in [-0.2, 0) is 17.9 Å². The second-order valence-electron chi connectivity index (χ2n) is 7.68. The van der Waals surface area contributed by atoms with Crippen molar-refractivity contribution < 1.29 is 9.59 Å². The molecule has 3 aromatic carbocycles. The average molecular weight is 460 g/mol. The van der Waals surface area contributed by atoms with Crippen LogP contribution in [-0.4, -0.2) is 16.4 Å². The van der Waals surface area contributed by atoms with Crippen LogP contribution in [0.25, 0.3) is 10.9 Å². The molecule has 0 spiro atoms. The van der Waals surface area contributed by atoms with E-state index in [-0.39, 0.29) is 23.9 Å². The lowest BCUT2D eigenvalue weighted by atomic mass is 10.1. The van der Waals surface area contributed by atoms with Crippen LogP contribution < -0.4 is 16.2 Å². The van der Waals surface area contributed by atoms with E-state index in [9.17, 15) is 14.4 Å². The summed E-state index contributed by atoms with van der Waals surface area (Å²) in [4.78, 5) is 38.5. The smallest absolute Gasteiger partial charge is 0.252 e. The quantitative estimate of drug-likeness (QED) is 0.444. The number of anilines is 1. The molecule has 0 saturated heterocycles. The number of hydrogen-bond donors (Lipinski definition) is 2. The summed E-state index contributed by atoms with van der Waals surface area (Å²) in [6.07, 6.45) is 0. The van der Waals surface area contributed by atoms with Gasteiger partial charge >= 0.3 is 0 Å². The Hall–Kier alpha value is -3.90. The molecular formula is C26H22ClN3O3. The first-order valence-corrected chi connectivity index (χ1v) is 10.8. The highest BCUT2D eigenvalue weighted by molar-refractivity contribution is 6.31. The highest BCUT2D eigenvalue weighted by Gasteiger charge is 2.16. The van der Waals surface area contributed by atoms with Gasteiger partial charge in [0.25, 0.3) is 11.5 Å². The number of aryl methyl sites for hydroxylation is 1. The molecule has 0 radical (unpaired) electrons. The molecule has 166 valence electrons. The van der Waals surface area contributed by atoms with E-state index in [0.717, 1.165) is 11.1 Å². The number of aromatic nitrogens is 1. The van der Waals surface area contributed by atoms with E-state index < -0.39 is 5.56 Å². The van der Waals surface area contributed by atoms with Gasteiger partial charge in [0.15, 0.2) is 0 Å². The van der Waals surface area contributed by atoms with Gasteiger partial charge < -0.3 is 10.6 Å². The summed E-state index contributed by atoms with van der Waals surface area (Å²) in [7, 11) is 0. The molecule has 0 fully saturated rings. The molecule has 0 aliphatic heterocycles. The summed E-state index contributed by atoms with van der Waals surface area (Å²) in [5.74, 6) is -0.716. The van der Waals surface area contributed by atoms with Crippen molar-refractivity contribution >= 4 is 40.0 Å². The van der Waals surface area contributed by atoms with Crippen LogP contribution in [0.4, 0.5) is 5.69 Å². The number of hydrogen-bond acceptors (Lipinski definition) is 3. The van der Waals surface area contributed by atoms with E-state index in [1.54, 1.807) is 36.4 Å². The lowest BCUT2D eigenvalue weighted by Gasteiger charge is -2.14. The zero-order valence-electron chi connectivity index (χ0n) is 18.0. The van der Waals surface area contributed by atoms with E-state index >= 15 is 0 Å². The Balaban J connectivity index is 1.60. The summed E-state index contributed by atoms with van der Waals surface area (Å²) in [5, 5.41) is 6.76. The number of nitrogens with zero attached hydrogens (tertiary/aromatic N) is 1. The Bertz CT molecular complexity index is 1400. The van der Waals surface area contributed by atoms with E-state index in [4.69, 9.17) is 11.6 Å². The zero-order chi connectivity index (χ0) is 23.4. The van der Waals surface area contributed by atoms with Gasteiger partial charge in [-0.1, -0.05) is 66.2 Å². The molecule has 0 bridgehead atoms. The maximum atomic E-state index is 12.9. The third-order valence-electron chi connectivity index (χ3n) is 5.33. The number of fused-ring (bicyclic) bond motifs is 1. The molecular weight excluding hydrogens is 438 g/mol. The van der Waals surface area contributed by atoms with Crippen molar-refractivity contribution in [1.29, 1.82) is 0 Å². The lowest BCUT2D eigenvalue weighted by molar-refractivity contribution is -0.116. The number of carbonyl (C=O) groups excluding carboxylic acids is 2. The van der Waals surface area contributed by atoms with Gasteiger partial charge in [-0.25, -0.2) is 0 Å². The Morgan fingerprint density at radius 2 is 1.67 bits per heavy atom. The van der Waals surface area contributed by atoms with Crippen LogP contribution in [0.3, 0.4) is 0 Å². The third-order valence-corrected chi connectivity index (χ3v) is 5.57. The van der Waals surface area contributed by atoms with Gasteiger partial charge in [-0.3, -0.25) is 19.0 Å². The molecule has 1 aromatic heterocycles. The van der Waals surface area contributed by atoms with Crippen molar-refractivity contribution in [3.8, 4) is 0 Å². The van der Waals surface area contributed by atoms with Crippen LogP contribution in [0.1, 0.15) is 21.5 Å². The molecule has 0 unspecified atom stereocenters. The molecule has 4 rings (SSSR count). The molecule has 0 aliphatic rings. The minimum Gasteiger partial charge on any atom is -0.348 e.